The molecule has 1 atom stereocenters. The van der Waals surface area contributed by atoms with Crippen molar-refractivity contribution in [2.24, 2.45) is 7.05 Å². The molecule has 2 N–H and O–H groups in total. The summed E-state index contributed by atoms with van der Waals surface area (Å²) in [5.41, 5.74) is 0.932. The van der Waals surface area contributed by atoms with Gasteiger partial charge in [0.05, 0.1) is 17.9 Å². The van der Waals surface area contributed by atoms with Crippen molar-refractivity contribution >= 4 is 0 Å². The lowest BCUT2D eigenvalue weighted by molar-refractivity contribution is 0.500. The molecule has 0 aliphatic heterocycles. The van der Waals surface area contributed by atoms with Crippen LogP contribution in [0.4, 0.5) is 0 Å². The molecule has 2 aromatic heterocycles. The van der Waals surface area contributed by atoms with Gasteiger partial charge in [0.2, 0.25) is 0 Å². The van der Waals surface area contributed by atoms with E-state index in [9.17, 15) is 0 Å². The predicted octanol–water partition coefficient (Wildman–Crippen LogP) is 0.822. The van der Waals surface area contributed by atoms with Crippen LogP contribution in [0.25, 0.3) is 0 Å². The largest absolute Gasteiger partial charge is 0.338 e. The Morgan fingerprint density at radius 3 is 3.00 bits per heavy atom. The Morgan fingerprint density at radius 1 is 1.53 bits per heavy atom. The minimum Gasteiger partial charge on any atom is -0.338 e. The highest BCUT2D eigenvalue weighted by Crippen LogP contribution is 2.14. The number of aromatic amines is 1. The average molecular weight is 234 g/mol. The molecule has 0 spiro atoms. The molecule has 0 amide bonds. The Kier molecular flexibility index (Phi) is 3.87. The molecule has 2 aromatic rings. The number of aryl methyl sites for hydroxylation is 1. The Bertz CT molecular complexity index is 433. The molecule has 6 heteroatoms. The Morgan fingerprint density at radius 2 is 2.41 bits per heavy atom. The first-order valence-electron chi connectivity index (χ1n) is 5.86. The predicted molar refractivity (Wildman–Crippen MR) is 64.3 cm³/mol. The third-order valence-corrected chi connectivity index (χ3v) is 2.74. The molecule has 92 valence electrons. The fraction of sp³-hybridized carbons (Fsp3) is 0.545. The zero-order valence-electron chi connectivity index (χ0n) is 10.2. The van der Waals surface area contributed by atoms with Crippen molar-refractivity contribution in [3.05, 3.63) is 30.1 Å². The monoisotopic (exact) mass is 234 g/mol. The van der Waals surface area contributed by atoms with Gasteiger partial charge in [0.1, 0.15) is 5.82 Å². The van der Waals surface area contributed by atoms with E-state index in [-0.39, 0.29) is 6.04 Å². The van der Waals surface area contributed by atoms with Crippen LogP contribution < -0.4 is 5.32 Å². The molecule has 0 bridgehead atoms. The normalized spacial score (nSPS) is 12.8. The van der Waals surface area contributed by atoms with Crippen LogP contribution in [-0.2, 0) is 13.5 Å². The maximum Gasteiger partial charge on any atom is 0.110 e. The van der Waals surface area contributed by atoms with Gasteiger partial charge in [-0.2, -0.15) is 15.4 Å². The van der Waals surface area contributed by atoms with Gasteiger partial charge in [-0.15, -0.1) is 0 Å². The minimum atomic E-state index is 0.162. The quantitative estimate of drug-likeness (QED) is 0.776. The number of H-pyrrole nitrogens is 1. The van der Waals surface area contributed by atoms with Crippen LogP contribution in [-0.4, -0.2) is 31.5 Å². The maximum absolute atomic E-state index is 4.34. The minimum absolute atomic E-state index is 0.162. The van der Waals surface area contributed by atoms with Crippen LogP contribution >= 0.6 is 0 Å². The number of imidazole rings is 1. The van der Waals surface area contributed by atoms with Gasteiger partial charge >= 0.3 is 0 Å². The summed E-state index contributed by atoms with van der Waals surface area (Å²) in [6.07, 6.45) is 7.44. The molecule has 1 unspecified atom stereocenters. The third-order valence-electron chi connectivity index (χ3n) is 2.74. The van der Waals surface area contributed by atoms with Gasteiger partial charge in [-0.3, -0.25) is 0 Å². The fourth-order valence-corrected chi connectivity index (χ4v) is 1.75. The van der Waals surface area contributed by atoms with Crippen molar-refractivity contribution in [3.63, 3.8) is 0 Å². The Balaban J connectivity index is 2.08. The summed E-state index contributed by atoms with van der Waals surface area (Å²) in [6.45, 7) is 3.11. The second-order valence-electron chi connectivity index (χ2n) is 4.06. The Labute approximate surface area is 100 Å². The van der Waals surface area contributed by atoms with Crippen molar-refractivity contribution in [3.8, 4) is 0 Å². The number of nitrogens with zero attached hydrogens (tertiary/aromatic N) is 4. The first-order valence-corrected chi connectivity index (χ1v) is 5.86. The van der Waals surface area contributed by atoms with E-state index < -0.39 is 0 Å². The van der Waals surface area contributed by atoms with Crippen LogP contribution in [0.3, 0.4) is 0 Å². The Hall–Kier alpha value is -1.69. The van der Waals surface area contributed by atoms with Gasteiger partial charge in [-0.25, -0.2) is 4.98 Å². The lowest BCUT2D eigenvalue weighted by Crippen LogP contribution is -2.25. The molecular formula is C11H18N6. The number of nitrogens with one attached hydrogen (secondary N) is 2. The van der Waals surface area contributed by atoms with Gasteiger partial charge in [0.15, 0.2) is 0 Å². The van der Waals surface area contributed by atoms with E-state index in [4.69, 9.17) is 0 Å². The molecule has 0 saturated carbocycles. The maximum atomic E-state index is 4.34. The van der Waals surface area contributed by atoms with E-state index in [1.807, 2.05) is 24.0 Å². The summed E-state index contributed by atoms with van der Waals surface area (Å²) in [6, 6.07) is 0.162. The first kappa shape index (κ1) is 11.8. The molecule has 2 rings (SSSR count). The topological polar surface area (TPSA) is 71.4 Å². The van der Waals surface area contributed by atoms with Crippen LogP contribution in [0.15, 0.2) is 18.6 Å². The lowest BCUT2D eigenvalue weighted by atomic mass is 10.1. The molecule has 0 saturated heterocycles. The summed E-state index contributed by atoms with van der Waals surface area (Å²) >= 11 is 0. The number of aromatic nitrogens is 5. The van der Waals surface area contributed by atoms with Crippen molar-refractivity contribution in [2.45, 2.75) is 25.8 Å². The fourth-order valence-electron chi connectivity index (χ4n) is 1.75. The first-order chi connectivity index (χ1) is 8.31. The van der Waals surface area contributed by atoms with Crippen molar-refractivity contribution < 1.29 is 0 Å². The van der Waals surface area contributed by atoms with Gasteiger partial charge < -0.3 is 9.88 Å². The number of hydrogen-bond acceptors (Lipinski definition) is 4. The summed E-state index contributed by atoms with van der Waals surface area (Å²) in [5, 5.41) is 14.1. The smallest absolute Gasteiger partial charge is 0.110 e. The molecule has 6 nitrogen and oxygen atoms in total. The van der Waals surface area contributed by atoms with E-state index >= 15 is 0 Å². The molecule has 0 radical (unpaired) electrons. The summed E-state index contributed by atoms with van der Waals surface area (Å²) in [7, 11) is 2.00. The van der Waals surface area contributed by atoms with Crippen LogP contribution in [0.5, 0.6) is 0 Å². The number of hydrogen-bond donors (Lipinski definition) is 2. The summed E-state index contributed by atoms with van der Waals surface area (Å²) in [4.78, 5) is 4.34. The highest BCUT2D eigenvalue weighted by molar-refractivity contribution is 5.05. The highest BCUT2D eigenvalue weighted by atomic mass is 15.3. The molecule has 17 heavy (non-hydrogen) atoms. The lowest BCUT2D eigenvalue weighted by Gasteiger charge is -2.15. The second-order valence-corrected chi connectivity index (χ2v) is 4.06. The standard InChI is InChI=1S/C11H18N6/c1-3-4-12-9(10-8-14-16-15-10)7-11-13-5-6-17(11)2/h5-6,8-9,12H,3-4,7H2,1-2H3,(H,14,15,16). The number of rotatable bonds is 6. The van der Waals surface area contributed by atoms with E-state index in [1.54, 1.807) is 6.20 Å². The second kappa shape index (κ2) is 5.58. The summed E-state index contributed by atoms with van der Waals surface area (Å²) < 4.78 is 2.03. The van der Waals surface area contributed by atoms with Gasteiger partial charge in [0.25, 0.3) is 0 Å². The molecular weight excluding hydrogens is 216 g/mol. The van der Waals surface area contributed by atoms with Crippen LogP contribution in [0.1, 0.15) is 30.9 Å². The molecule has 0 aliphatic rings. The van der Waals surface area contributed by atoms with E-state index in [0.29, 0.717) is 0 Å². The van der Waals surface area contributed by atoms with E-state index in [1.165, 1.54) is 0 Å². The van der Waals surface area contributed by atoms with Crippen molar-refractivity contribution in [1.29, 1.82) is 0 Å². The van der Waals surface area contributed by atoms with E-state index in [0.717, 1.165) is 30.9 Å². The summed E-state index contributed by atoms with van der Waals surface area (Å²) in [5.74, 6) is 1.04. The average Bonchev–Trinajstić information content (AvgIpc) is 2.96. The van der Waals surface area contributed by atoms with Crippen LogP contribution in [0.2, 0.25) is 0 Å². The highest BCUT2D eigenvalue weighted by Gasteiger charge is 2.16. The molecule has 2 heterocycles. The third kappa shape index (κ3) is 2.91. The zero-order chi connectivity index (χ0) is 12.1. The van der Waals surface area contributed by atoms with Gasteiger partial charge in [-0.1, -0.05) is 6.92 Å². The van der Waals surface area contributed by atoms with Crippen molar-refractivity contribution in [2.75, 3.05) is 6.54 Å². The van der Waals surface area contributed by atoms with Crippen molar-refractivity contribution in [1.82, 2.24) is 30.3 Å². The molecule has 0 aliphatic carbocycles. The van der Waals surface area contributed by atoms with E-state index in [2.05, 4.69) is 32.6 Å². The zero-order valence-corrected chi connectivity index (χ0v) is 10.2. The van der Waals surface area contributed by atoms with Gasteiger partial charge in [0, 0.05) is 25.9 Å². The molecule has 0 aromatic carbocycles. The SMILES string of the molecule is CCCNC(Cc1nccn1C)c1cn[nH]n1. The molecule has 0 fully saturated rings. The van der Waals surface area contributed by atoms with Crippen LogP contribution in [0, 0.1) is 0 Å². The van der Waals surface area contributed by atoms with Gasteiger partial charge in [-0.05, 0) is 13.0 Å².